The lowest BCUT2D eigenvalue weighted by Crippen LogP contribution is -2.29. The van der Waals surface area contributed by atoms with Gasteiger partial charge < -0.3 is 15.4 Å². The third-order valence-corrected chi connectivity index (χ3v) is 3.12. The number of nitrogens with zero attached hydrogens (tertiary/aromatic N) is 1. The fourth-order valence-electron chi connectivity index (χ4n) is 2.25. The molecule has 3 heteroatoms. The summed E-state index contributed by atoms with van der Waals surface area (Å²) in [4.78, 5) is 2.25. The molecule has 88 valence electrons. The number of likely N-dealkylation sites (N-methyl/N-ethyl adjacent to an activating group) is 1. The summed E-state index contributed by atoms with van der Waals surface area (Å²) in [5.74, 6) is 0. The monoisotopic (exact) mass is 220 g/mol. The molecule has 0 saturated carbocycles. The molecule has 1 heterocycles. The Kier molecular flexibility index (Phi) is 3.80. The molecule has 1 unspecified atom stereocenters. The first-order valence-electron chi connectivity index (χ1n) is 5.92. The molecule has 2 N–H and O–H groups in total. The van der Waals surface area contributed by atoms with Crippen LogP contribution in [0.2, 0.25) is 0 Å². The van der Waals surface area contributed by atoms with Crippen LogP contribution >= 0.6 is 0 Å². The van der Waals surface area contributed by atoms with E-state index in [9.17, 15) is 0 Å². The Morgan fingerprint density at radius 2 is 2.25 bits per heavy atom. The minimum absolute atomic E-state index is 0.385. The van der Waals surface area contributed by atoms with E-state index in [-0.39, 0.29) is 0 Å². The third-order valence-electron chi connectivity index (χ3n) is 3.12. The summed E-state index contributed by atoms with van der Waals surface area (Å²) >= 11 is 0. The van der Waals surface area contributed by atoms with Crippen LogP contribution in [-0.4, -0.2) is 26.3 Å². The molecular formula is C13H20N2O. The van der Waals surface area contributed by atoms with Gasteiger partial charge in [0, 0.05) is 32.4 Å². The van der Waals surface area contributed by atoms with Gasteiger partial charge in [-0.25, -0.2) is 0 Å². The second kappa shape index (κ2) is 5.32. The molecular weight excluding hydrogens is 200 g/mol. The Morgan fingerprint density at radius 3 is 2.94 bits per heavy atom. The predicted molar refractivity (Wildman–Crippen MR) is 66.6 cm³/mol. The van der Waals surface area contributed by atoms with Gasteiger partial charge >= 0.3 is 0 Å². The number of hydrogen-bond donors (Lipinski definition) is 1. The number of nitrogens with two attached hydrogens (primary N) is 1. The number of rotatable bonds is 4. The Bertz CT molecular complexity index is 334. The summed E-state index contributed by atoms with van der Waals surface area (Å²) in [5.41, 5.74) is 8.16. The van der Waals surface area contributed by atoms with E-state index in [1.54, 1.807) is 0 Å². The van der Waals surface area contributed by atoms with Crippen LogP contribution in [0.15, 0.2) is 24.3 Å². The second-order valence-electron chi connectivity index (χ2n) is 4.35. The van der Waals surface area contributed by atoms with Crippen molar-refractivity contribution in [1.29, 1.82) is 0 Å². The van der Waals surface area contributed by atoms with Gasteiger partial charge in [0.2, 0.25) is 0 Å². The fraction of sp³-hybridized carbons (Fsp3) is 0.538. The van der Waals surface area contributed by atoms with Crippen LogP contribution in [0, 0.1) is 0 Å². The topological polar surface area (TPSA) is 38.5 Å². The lowest BCUT2D eigenvalue weighted by Gasteiger charge is -2.24. The quantitative estimate of drug-likeness (QED) is 0.840. The van der Waals surface area contributed by atoms with E-state index in [0.717, 1.165) is 13.2 Å². The van der Waals surface area contributed by atoms with E-state index in [4.69, 9.17) is 10.5 Å². The molecule has 3 nitrogen and oxygen atoms in total. The highest BCUT2D eigenvalue weighted by atomic mass is 16.5. The molecule has 1 aliphatic rings. The van der Waals surface area contributed by atoms with Gasteiger partial charge in [0.05, 0.1) is 6.10 Å². The summed E-state index contributed by atoms with van der Waals surface area (Å²) in [6, 6.07) is 8.30. The Morgan fingerprint density at radius 1 is 1.44 bits per heavy atom. The molecule has 0 spiro atoms. The molecule has 0 aliphatic carbocycles. The van der Waals surface area contributed by atoms with Crippen molar-refractivity contribution in [3.8, 4) is 0 Å². The smallest absolute Gasteiger partial charge is 0.0750 e. The first kappa shape index (κ1) is 11.4. The van der Waals surface area contributed by atoms with E-state index >= 15 is 0 Å². The standard InChI is InChI=1S/C13H20N2O/c1-15(10-12-6-4-8-16-12)13-7-3-2-5-11(13)9-14/h2-3,5,7,12H,4,6,8-10,14H2,1H3. The molecule has 0 radical (unpaired) electrons. The molecule has 0 bridgehead atoms. The number of benzene rings is 1. The zero-order valence-corrected chi connectivity index (χ0v) is 9.86. The van der Waals surface area contributed by atoms with Gasteiger partial charge in [-0.15, -0.1) is 0 Å². The largest absolute Gasteiger partial charge is 0.376 e. The Balaban J connectivity index is 2.04. The molecule has 16 heavy (non-hydrogen) atoms. The molecule has 1 aromatic carbocycles. The van der Waals surface area contributed by atoms with Gasteiger partial charge in [0.15, 0.2) is 0 Å². The van der Waals surface area contributed by atoms with E-state index in [0.29, 0.717) is 12.6 Å². The van der Waals surface area contributed by atoms with Gasteiger partial charge in [0.25, 0.3) is 0 Å². The van der Waals surface area contributed by atoms with Gasteiger partial charge in [-0.05, 0) is 24.5 Å². The Labute approximate surface area is 97.2 Å². The maximum atomic E-state index is 5.74. The summed E-state index contributed by atoms with van der Waals surface area (Å²) in [5, 5.41) is 0. The molecule has 1 saturated heterocycles. The highest BCUT2D eigenvalue weighted by Gasteiger charge is 2.18. The number of para-hydroxylation sites is 1. The van der Waals surface area contributed by atoms with Crippen molar-refractivity contribution >= 4 is 5.69 Å². The van der Waals surface area contributed by atoms with E-state index < -0.39 is 0 Å². The van der Waals surface area contributed by atoms with E-state index in [1.165, 1.54) is 24.1 Å². The van der Waals surface area contributed by atoms with Gasteiger partial charge in [-0.2, -0.15) is 0 Å². The van der Waals surface area contributed by atoms with Crippen LogP contribution in [-0.2, 0) is 11.3 Å². The first-order chi connectivity index (χ1) is 7.81. The van der Waals surface area contributed by atoms with Gasteiger partial charge in [-0.3, -0.25) is 0 Å². The highest BCUT2D eigenvalue weighted by Crippen LogP contribution is 2.21. The fourth-order valence-corrected chi connectivity index (χ4v) is 2.25. The average Bonchev–Trinajstić information content (AvgIpc) is 2.81. The summed E-state index contributed by atoms with van der Waals surface area (Å²) in [7, 11) is 2.11. The van der Waals surface area contributed by atoms with Crippen LogP contribution in [0.4, 0.5) is 5.69 Å². The van der Waals surface area contributed by atoms with Crippen molar-refractivity contribution in [2.45, 2.75) is 25.5 Å². The van der Waals surface area contributed by atoms with E-state index in [1.807, 2.05) is 6.07 Å². The summed E-state index contributed by atoms with van der Waals surface area (Å²) in [6.45, 7) is 2.46. The number of anilines is 1. The zero-order chi connectivity index (χ0) is 11.4. The maximum absolute atomic E-state index is 5.74. The lowest BCUT2D eigenvalue weighted by molar-refractivity contribution is 0.116. The van der Waals surface area contributed by atoms with Gasteiger partial charge in [-0.1, -0.05) is 18.2 Å². The summed E-state index contributed by atoms with van der Waals surface area (Å²) in [6.07, 6.45) is 2.75. The van der Waals surface area contributed by atoms with Crippen LogP contribution in [0.5, 0.6) is 0 Å². The molecule has 2 rings (SSSR count). The highest BCUT2D eigenvalue weighted by molar-refractivity contribution is 5.53. The minimum atomic E-state index is 0.385. The van der Waals surface area contributed by atoms with Crippen molar-refractivity contribution in [1.82, 2.24) is 0 Å². The van der Waals surface area contributed by atoms with Crippen molar-refractivity contribution in [2.24, 2.45) is 5.73 Å². The molecule has 1 atom stereocenters. The molecule has 0 amide bonds. The van der Waals surface area contributed by atoms with Crippen LogP contribution in [0.25, 0.3) is 0 Å². The molecule has 1 fully saturated rings. The van der Waals surface area contributed by atoms with Gasteiger partial charge in [0.1, 0.15) is 0 Å². The summed E-state index contributed by atoms with van der Waals surface area (Å²) < 4.78 is 5.65. The Hall–Kier alpha value is -1.06. The zero-order valence-electron chi connectivity index (χ0n) is 9.86. The van der Waals surface area contributed by atoms with Crippen molar-refractivity contribution in [3.05, 3.63) is 29.8 Å². The predicted octanol–water partition coefficient (Wildman–Crippen LogP) is 1.76. The second-order valence-corrected chi connectivity index (χ2v) is 4.35. The molecule has 1 aromatic rings. The third kappa shape index (κ3) is 2.54. The van der Waals surface area contributed by atoms with Crippen LogP contribution in [0.3, 0.4) is 0 Å². The van der Waals surface area contributed by atoms with Crippen molar-refractivity contribution < 1.29 is 4.74 Å². The SMILES string of the molecule is CN(CC1CCCO1)c1ccccc1CN. The number of hydrogen-bond acceptors (Lipinski definition) is 3. The molecule has 0 aromatic heterocycles. The van der Waals surface area contributed by atoms with Crippen molar-refractivity contribution in [2.75, 3.05) is 25.1 Å². The lowest BCUT2D eigenvalue weighted by atomic mass is 10.1. The number of ether oxygens (including phenoxy) is 1. The van der Waals surface area contributed by atoms with Crippen LogP contribution in [0.1, 0.15) is 18.4 Å². The van der Waals surface area contributed by atoms with Crippen molar-refractivity contribution in [3.63, 3.8) is 0 Å². The van der Waals surface area contributed by atoms with Crippen LogP contribution < -0.4 is 10.6 Å². The van der Waals surface area contributed by atoms with E-state index in [2.05, 4.69) is 30.1 Å². The normalized spacial score (nSPS) is 20.0. The minimum Gasteiger partial charge on any atom is -0.376 e. The maximum Gasteiger partial charge on any atom is 0.0750 e. The molecule has 1 aliphatic heterocycles. The average molecular weight is 220 g/mol. The first-order valence-corrected chi connectivity index (χ1v) is 5.92.